The van der Waals surface area contributed by atoms with E-state index in [-0.39, 0.29) is 16.4 Å². The number of aromatic nitrogens is 1. The lowest BCUT2D eigenvalue weighted by molar-refractivity contribution is -0.385. The molecule has 2 heterocycles. The van der Waals surface area contributed by atoms with E-state index in [0.717, 1.165) is 11.4 Å². The fourth-order valence-electron chi connectivity index (χ4n) is 3.40. The molecule has 9 heteroatoms. The molecule has 0 bridgehead atoms. The second-order valence-corrected chi connectivity index (χ2v) is 7.32. The summed E-state index contributed by atoms with van der Waals surface area (Å²) < 4.78 is 1.86. The number of nitrogens with zero attached hydrogens (tertiary/aromatic N) is 4. The Balaban J connectivity index is 2.12. The van der Waals surface area contributed by atoms with Crippen molar-refractivity contribution in [3.8, 4) is 5.69 Å². The van der Waals surface area contributed by atoms with Gasteiger partial charge in [0.2, 0.25) is 0 Å². The summed E-state index contributed by atoms with van der Waals surface area (Å²) in [5.74, 6) is -0.928. The number of aryl methyl sites for hydroxylation is 2. The molecule has 0 radical (unpaired) electrons. The highest BCUT2D eigenvalue weighted by molar-refractivity contribution is 7.80. The maximum Gasteiger partial charge on any atom is 0.274 e. The molecule has 8 nitrogen and oxygen atoms in total. The third-order valence-corrected chi connectivity index (χ3v) is 5.61. The van der Waals surface area contributed by atoms with Gasteiger partial charge in [-0.3, -0.25) is 29.5 Å². The maximum absolute atomic E-state index is 12.6. The van der Waals surface area contributed by atoms with Crippen molar-refractivity contribution in [2.45, 2.75) is 20.8 Å². The first-order valence-electron chi connectivity index (χ1n) is 8.80. The second kappa shape index (κ2) is 7.25. The van der Waals surface area contributed by atoms with E-state index in [9.17, 15) is 19.7 Å². The first kappa shape index (κ1) is 20.4. The largest absolute Gasteiger partial charge is 0.318 e. The number of thiocarbonyl (C=S) groups is 1. The van der Waals surface area contributed by atoms with Gasteiger partial charge in [-0.25, -0.2) is 0 Å². The Kier molecular flexibility index (Phi) is 5.10. The van der Waals surface area contributed by atoms with E-state index in [1.165, 1.54) is 30.0 Å². The highest BCUT2D eigenvalue weighted by Gasteiger charge is 2.35. The Bertz CT molecular complexity index is 1090. The van der Waals surface area contributed by atoms with Gasteiger partial charge in [0.15, 0.2) is 5.11 Å². The third-order valence-electron chi connectivity index (χ3n) is 5.06. The molecule has 150 valence electrons. The molecule has 0 atom stereocenters. The quantitative estimate of drug-likeness (QED) is 0.254. The number of nitro benzene ring substituents is 1. The topological polar surface area (TPSA) is 88.7 Å². The fraction of sp³-hybridized carbons (Fsp3) is 0.250. The van der Waals surface area contributed by atoms with Gasteiger partial charge in [-0.2, -0.15) is 0 Å². The normalized spacial score (nSPS) is 14.7. The van der Waals surface area contributed by atoms with Crippen LogP contribution in [0.4, 0.5) is 5.69 Å². The number of hydrogen-bond acceptors (Lipinski definition) is 5. The fourth-order valence-corrected chi connectivity index (χ4v) is 3.56. The molecule has 1 fully saturated rings. The zero-order valence-corrected chi connectivity index (χ0v) is 17.5. The number of carbonyl (C=O) groups excluding carboxylic acids is 2. The van der Waals surface area contributed by atoms with Crippen LogP contribution in [0.5, 0.6) is 0 Å². The zero-order valence-electron chi connectivity index (χ0n) is 16.7. The summed E-state index contributed by atoms with van der Waals surface area (Å²) in [6.45, 7) is 5.38. The summed E-state index contributed by atoms with van der Waals surface area (Å²) in [6, 6.07) is 6.85. The molecule has 1 aliphatic rings. The zero-order chi connectivity index (χ0) is 21.6. The summed E-state index contributed by atoms with van der Waals surface area (Å²) in [7, 11) is 3.05. The van der Waals surface area contributed by atoms with Crippen LogP contribution in [0.2, 0.25) is 0 Å². The minimum Gasteiger partial charge on any atom is -0.318 e. The lowest BCUT2D eigenvalue weighted by Gasteiger charge is -2.31. The van der Waals surface area contributed by atoms with Gasteiger partial charge in [-0.1, -0.05) is 6.07 Å². The number of benzene rings is 1. The van der Waals surface area contributed by atoms with Crippen molar-refractivity contribution in [3.63, 3.8) is 0 Å². The van der Waals surface area contributed by atoms with E-state index in [2.05, 4.69) is 0 Å². The number of amides is 2. The lowest BCUT2D eigenvalue weighted by Crippen LogP contribution is -2.52. The maximum atomic E-state index is 12.6. The van der Waals surface area contributed by atoms with E-state index in [1.54, 1.807) is 25.1 Å². The van der Waals surface area contributed by atoms with E-state index in [4.69, 9.17) is 12.2 Å². The third kappa shape index (κ3) is 3.33. The van der Waals surface area contributed by atoms with Crippen molar-refractivity contribution in [3.05, 3.63) is 62.5 Å². The molecule has 1 aliphatic heterocycles. The molecule has 0 unspecified atom stereocenters. The van der Waals surface area contributed by atoms with Gasteiger partial charge in [0.25, 0.3) is 17.5 Å². The highest BCUT2D eigenvalue weighted by atomic mass is 32.1. The summed E-state index contributed by atoms with van der Waals surface area (Å²) in [6.07, 6.45) is 1.54. The summed E-state index contributed by atoms with van der Waals surface area (Å²) >= 11 is 5.10. The number of nitro groups is 1. The number of carbonyl (C=O) groups is 2. The Labute approximate surface area is 173 Å². The number of likely N-dealkylation sites (N-methyl/N-ethyl adjacent to an activating group) is 2. The number of hydrogen-bond donors (Lipinski definition) is 0. The van der Waals surface area contributed by atoms with Crippen molar-refractivity contribution < 1.29 is 14.5 Å². The van der Waals surface area contributed by atoms with Crippen LogP contribution < -0.4 is 0 Å². The minimum atomic E-state index is -0.464. The predicted molar refractivity (Wildman–Crippen MR) is 113 cm³/mol. The number of rotatable bonds is 3. The van der Waals surface area contributed by atoms with E-state index in [0.29, 0.717) is 16.8 Å². The molecule has 0 saturated carbocycles. The minimum absolute atomic E-state index is 0.0127. The summed E-state index contributed by atoms with van der Waals surface area (Å²) in [5.41, 5.74) is 3.51. The molecule has 0 N–H and O–H groups in total. The second-order valence-electron chi connectivity index (χ2n) is 6.96. The molecule has 29 heavy (non-hydrogen) atoms. The monoisotopic (exact) mass is 412 g/mol. The van der Waals surface area contributed by atoms with Gasteiger partial charge in [0, 0.05) is 37.1 Å². The van der Waals surface area contributed by atoms with Crippen molar-refractivity contribution >= 4 is 40.9 Å². The van der Waals surface area contributed by atoms with Crippen molar-refractivity contribution in [2.24, 2.45) is 0 Å². The van der Waals surface area contributed by atoms with Crippen LogP contribution in [0, 0.1) is 30.9 Å². The van der Waals surface area contributed by atoms with Gasteiger partial charge in [0.1, 0.15) is 5.57 Å². The van der Waals surface area contributed by atoms with E-state index >= 15 is 0 Å². The van der Waals surface area contributed by atoms with Gasteiger partial charge < -0.3 is 4.57 Å². The molecular weight excluding hydrogens is 392 g/mol. The molecule has 1 aromatic carbocycles. The van der Waals surface area contributed by atoms with Crippen molar-refractivity contribution in [2.75, 3.05) is 14.1 Å². The molecule has 2 amide bonds. The smallest absolute Gasteiger partial charge is 0.274 e. The Morgan fingerprint density at radius 3 is 2.17 bits per heavy atom. The molecule has 0 spiro atoms. The average Bonchev–Trinajstić information content (AvgIpc) is 2.95. The first-order valence-corrected chi connectivity index (χ1v) is 9.21. The SMILES string of the molecule is Cc1ccc(-n2c(C)cc(C=C3C(=O)N(C)C(=S)N(C)C3=O)c2C)cc1[N+](=O)[O-]. The standard InChI is InChI=1S/C20H20N4O4S/c1-11-6-7-15(10-17(11)24(27)28)23-12(2)8-14(13(23)3)9-16-18(25)21(4)20(29)22(5)19(16)26/h6-10H,1-5H3. The van der Waals surface area contributed by atoms with Crippen LogP contribution in [0.25, 0.3) is 11.8 Å². The van der Waals surface area contributed by atoms with Crippen LogP contribution in [0.3, 0.4) is 0 Å². The Hall–Kier alpha value is -3.33. The van der Waals surface area contributed by atoms with Crippen LogP contribution in [0.15, 0.2) is 29.8 Å². The van der Waals surface area contributed by atoms with E-state index < -0.39 is 16.7 Å². The molecule has 3 rings (SSSR count). The Morgan fingerprint density at radius 2 is 1.62 bits per heavy atom. The average molecular weight is 412 g/mol. The molecule has 1 saturated heterocycles. The summed E-state index contributed by atoms with van der Waals surface area (Å²) in [4.78, 5) is 38.5. The van der Waals surface area contributed by atoms with Gasteiger partial charge in [-0.15, -0.1) is 0 Å². The lowest BCUT2D eigenvalue weighted by atomic mass is 10.1. The van der Waals surface area contributed by atoms with Crippen molar-refractivity contribution in [1.29, 1.82) is 0 Å². The molecule has 2 aromatic rings. The van der Waals surface area contributed by atoms with Gasteiger partial charge in [0.05, 0.1) is 10.6 Å². The van der Waals surface area contributed by atoms with E-state index in [1.807, 2.05) is 24.5 Å². The molecule has 1 aromatic heterocycles. The van der Waals surface area contributed by atoms with Gasteiger partial charge in [-0.05, 0) is 56.8 Å². The van der Waals surface area contributed by atoms with Crippen LogP contribution >= 0.6 is 12.2 Å². The van der Waals surface area contributed by atoms with Crippen LogP contribution in [0.1, 0.15) is 22.5 Å². The van der Waals surface area contributed by atoms with Crippen LogP contribution in [-0.2, 0) is 9.59 Å². The highest BCUT2D eigenvalue weighted by Crippen LogP contribution is 2.28. The first-order chi connectivity index (χ1) is 13.5. The molecular formula is C20H20N4O4S. The van der Waals surface area contributed by atoms with Crippen LogP contribution in [-0.4, -0.2) is 50.3 Å². The van der Waals surface area contributed by atoms with Gasteiger partial charge >= 0.3 is 0 Å². The molecule has 0 aliphatic carbocycles. The summed E-state index contributed by atoms with van der Waals surface area (Å²) in [5, 5.41) is 11.4. The Morgan fingerprint density at radius 1 is 1.03 bits per heavy atom. The predicted octanol–water partition coefficient (Wildman–Crippen LogP) is 2.91. The van der Waals surface area contributed by atoms with Crippen molar-refractivity contribution in [1.82, 2.24) is 14.4 Å².